The molecular weight excluding hydrogens is 140 g/mol. The summed E-state index contributed by atoms with van der Waals surface area (Å²) >= 11 is 0. The third-order valence-corrected chi connectivity index (χ3v) is 1.44. The second kappa shape index (κ2) is 3.05. The van der Waals surface area contributed by atoms with Crippen LogP contribution in [0.4, 0.5) is 5.69 Å². The van der Waals surface area contributed by atoms with E-state index in [4.69, 9.17) is 5.73 Å². The van der Waals surface area contributed by atoms with E-state index in [2.05, 4.69) is 5.32 Å². The Hall–Kier alpha value is -1.51. The Morgan fingerprint density at radius 2 is 1.91 bits per heavy atom. The minimum Gasteiger partial charge on any atom is -0.388 e. The fourth-order valence-corrected chi connectivity index (χ4v) is 0.788. The molecule has 0 unspecified atom stereocenters. The molecule has 0 heterocycles. The van der Waals surface area contributed by atoms with Crippen LogP contribution in [0.25, 0.3) is 0 Å². The molecule has 0 aromatic heterocycles. The number of carbonyl (C=O) groups is 1. The lowest BCUT2D eigenvalue weighted by Crippen LogP contribution is -1.98. The van der Waals surface area contributed by atoms with Crippen LogP contribution in [0, 0.1) is 0 Å². The molecule has 0 saturated heterocycles. The number of rotatable bonds is 2. The summed E-state index contributed by atoms with van der Waals surface area (Å²) in [6.45, 7) is 0. The van der Waals surface area contributed by atoms with E-state index in [1.54, 1.807) is 31.3 Å². The summed E-state index contributed by atoms with van der Waals surface area (Å²) in [6.07, 6.45) is 0. The Balaban J connectivity index is 2.91. The van der Waals surface area contributed by atoms with Gasteiger partial charge in [-0.1, -0.05) is 0 Å². The van der Waals surface area contributed by atoms with Crippen LogP contribution >= 0.6 is 0 Å². The molecule has 1 aromatic rings. The van der Waals surface area contributed by atoms with Crippen LogP contribution in [0.15, 0.2) is 24.3 Å². The average molecular weight is 149 g/mol. The van der Waals surface area contributed by atoms with Crippen molar-refractivity contribution in [3.8, 4) is 0 Å². The molecule has 2 N–H and O–H groups in total. The predicted molar refractivity (Wildman–Crippen MR) is 43.4 cm³/mol. The summed E-state index contributed by atoms with van der Waals surface area (Å²) in [5, 5.41) is 2.92. The van der Waals surface area contributed by atoms with E-state index in [9.17, 15) is 4.79 Å². The van der Waals surface area contributed by atoms with Crippen LogP contribution in [0.5, 0.6) is 0 Å². The second-order valence-electron chi connectivity index (χ2n) is 2.16. The van der Waals surface area contributed by atoms with Crippen LogP contribution in [0.3, 0.4) is 0 Å². The molecule has 1 rings (SSSR count). The Kier molecular flexibility index (Phi) is 2.11. The number of benzene rings is 1. The van der Waals surface area contributed by atoms with E-state index < -0.39 is 5.91 Å². The topological polar surface area (TPSA) is 52.9 Å². The molecule has 0 fully saturated rings. The highest BCUT2D eigenvalue weighted by atomic mass is 16.1. The van der Waals surface area contributed by atoms with Crippen molar-refractivity contribution in [3.05, 3.63) is 29.8 Å². The first-order chi connectivity index (χ1) is 5.24. The molecule has 1 aromatic carbocycles. The fourth-order valence-electron chi connectivity index (χ4n) is 0.788. The highest BCUT2D eigenvalue weighted by Gasteiger charge is 1.98. The quantitative estimate of drug-likeness (QED) is 0.685. The molecule has 3 heteroatoms. The third-order valence-electron chi connectivity index (χ3n) is 1.44. The molecule has 0 aliphatic carbocycles. The Morgan fingerprint density at radius 3 is 2.27 bits per heavy atom. The van der Waals surface area contributed by atoms with Gasteiger partial charge in [0.1, 0.15) is 0 Å². The number of nitrogens with one attached hydrogen (secondary N) is 2. The van der Waals surface area contributed by atoms with Gasteiger partial charge in [-0.15, -0.1) is 0 Å². The van der Waals surface area contributed by atoms with Gasteiger partial charge in [-0.2, -0.15) is 0 Å². The molecule has 1 amide bonds. The molecule has 11 heavy (non-hydrogen) atoms. The van der Waals surface area contributed by atoms with E-state index in [1.165, 1.54) is 0 Å². The van der Waals surface area contributed by atoms with Crippen molar-refractivity contribution in [1.82, 2.24) is 5.73 Å². The smallest absolute Gasteiger partial charge is 0.269 e. The summed E-state index contributed by atoms with van der Waals surface area (Å²) in [5.74, 6) is -0.646. The van der Waals surface area contributed by atoms with Crippen molar-refractivity contribution in [2.45, 2.75) is 0 Å². The zero-order chi connectivity index (χ0) is 8.27. The third kappa shape index (κ3) is 1.70. The maximum atomic E-state index is 10.5. The molecule has 0 saturated carbocycles. The van der Waals surface area contributed by atoms with Crippen molar-refractivity contribution in [2.24, 2.45) is 0 Å². The van der Waals surface area contributed by atoms with Crippen molar-refractivity contribution in [1.29, 1.82) is 0 Å². The first-order valence-corrected chi connectivity index (χ1v) is 3.28. The monoisotopic (exact) mass is 149 g/mol. The largest absolute Gasteiger partial charge is 0.388 e. The highest BCUT2D eigenvalue weighted by molar-refractivity contribution is 5.92. The molecular formula is C8H9N2O. The second-order valence-corrected chi connectivity index (χ2v) is 2.16. The molecule has 1 radical (unpaired) electrons. The van der Waals surface area contributed by atoms with E-state index in [0.29, 0.717) is 5.56 Å². The van der Waals surface area contributed by atoms with Gasteiger partial charge in [0, 0.05) is 18.3 Å². The minimum atomic E-state index is -0.646. The lowest BCUT2D eigenvalue weighted by atomic mass is 10.2. The molecule has 0 atom stereocenters. The van der Waals surface area contributed by atoms with Gasteiger partial charge in [0.25, 0.3) is 5.91 Å². The van der Waals surface area contributed by atoms with Crippen LogP contribution in [-0.2, 0) is 0 Å². The van der Waals surface area contributed by atoms with E-state index in [0.717, 1.165) is 5.69 Å². The fraction of sp³-hybridized carbons (Fsp3) is 0.125. The first-order valence-electron chi connectivity index (χ1n) is 3.28. The molecule has 0 aliphatic heterocycles. The molecule has 57 valence electrons. The predicted octanol–water partition coefficient (Wildman–Crippen LogP) is 1.15. The zero-order valence-electron chi connectivity index (χ0n) is 6.22. The average Bonchev–Trinajstić information content (AvgIpc) is 2.05. The number of anilines is 1. The maximum Gasteiger partial charge on any atom is 0.269 e. The van der Waals surface area contributed by atoms with E-state index >= 15 is 0 Å². The van der Waals surface area contributed by atoms with Gasteiger partial charge in [-0.25, -0.2) is 0 Å². The summed E-state index contributed by atoms with van der Waals surface area (Å²) in [4.78, 5) is 10.5. The Morgan fingerprint density at radius 1 is 1.36 bits per heavy atom. The van der Waals surface area contributed by atoms with E-state index in [1.807, 2.05) is 0 Å². The Bertz CT molecular complexity index is 253. The van der Waals surface area contributed by atoms with Gasteiger partial charge in [0.15, 0.2) is 0 Å². The van der Waals surface area contributed by atoms with Crippen molar-refractivity contribution in [2.75, 3.05) is 12.4 Å². The lowest BCUT2D eigenvalue weighted by Gasteiger charge is -1.98. The standard InChI is InChI=1S/C8H9N2O/c1-10-7-4-2-6(3-5-7)8(9)11/h2-5,9-10H,1H3. The summed E-state index contributed by atoms with van der Waals surface area (Å²) < 4.78 is 0. The SMILES string of the molecule is CNc1ccc(C([NH])=O)cc1. The summed E-state index contributed by atoms with van der Waals surface area (Å²) in [5.41, 5.74) is 8.15. The van der Waals surface area contributed by atoms with Crippen LogP contribution in [0.1, 0.15) is 10.4 Å². The van der Waals surface area contributed by atoms with Gasteiger partial charge in [0.2, 0.25) is 0 Å². The first kappa shape index (κ1) is 7.60. The maximum absolute atomic E-state index is 10.5. The number of hydrogen-bond donors (Lipinski definition) is 1. The molecule has 3 nitrogen and oxygen atoms in total. The van der Waals surface area contributed by atoms with Gasteiger partial charge in [0.05, 0.1) is 0 Å². The number of amides is 1. The van der Waals surface area contributed by atoms with Gasteiger partial charge in [-0.05, 0) is 24.3 Å². The molecule has 0 spiro atoms. The Labute approximate surface area is 65.2 Å². The van der Waals surface area contributed by atoms with Crippen LogP contribution in [-0.4, -0.2) is 13.0 Å². The van der Waals surface area contributed by atoms with Crippen LogP contribution in [0.2, 0.25) is 0 Å². The van der Waals surface area contributed by atoms with Gasteiger partial charge >= 0.3 is 0 Å². The van der Waals surface area contributed by atoms with Crippen molar-refractivity contribution in [3.63, 3.8) is 0 Å². The van der Waals surface area contributed by atoms with E-state index in [-0.39, 0.29) is 0 Å². The van der Waals surface area contributed by atoms with Gasteiger partial charge in [-0.3, -0.25) is 10.5 Å². The number of carbonyl (C=O) groups excluding carboxylic acids is 1. The zero-order valence-corrected chi connectivity index (χ0v) is 6.22. The summed E-state index contributed by atoms with van der Waals surface area (Å²) in [7, 11) is 1.80. The van der Waals surface area contributed by atoms with Crippen molar-refractivity contribution >= 4 is 11.6 Å². The molecule has 0 aliphatic rings. The normalized spacial score (nSPS) is 9.18. The lowest BCUT2D eigenvalue weighted by molar-refractivity contribution is 0.0992. The van der Waals surface area contributed by atoms with Gasteiger partial charge < -0.3 is 5.32 Å². The van der Waals surface area contributed by atoms with Crippen molar-refractivity contribution < 1.29 is 4.79 Å². The van der Waals surface area contributed by atoms with Crippen LogP contribution < -0.4 is 11.1 Å². The highest BCUT2D eigenvalue weighted by Crippen LogP contribution is 2.07. The summed E-state index contributed by atoms with van der Waals surface area (Å²) in [6, 6.07) is 6.78. The molecule has 0 bridgehead atoms. The minimum absolute atomic E-state index is 0.420. The number of hydrogen-bond acceptors (Lipinski definition) is 2.